The van der Waals surface area contributed by atoms with Crippen LogP contribution >= 0.6 is 0 Å². The zero-order valence-electron chi connectivity index (χ0n) is 15.5. The first-order valence-electron chi connectivity index (χ1n) is 8.81. The lowest BCUT2D eigenvalue weighted by atomic mass is 9.96. The van der Waals surface area contributed by atoms with Crippen LogP contribution in [0, 0.1) is 0 Å². The van der Waals surface area contributed by atoms with Gasteiger partial charge < -0.3 is 15.6 Å². The smallest absolute Gasteiger partial charge is 0.258 e. The highest BCUT2D eigenvalue weighted by molar-refractivity contribution is 6.00. The Labute approximate surface area is 149 Å². The lowest BCUT2D eigenvalue weighted by molar-refractivity contribution is 0.0936. The summed E-state index contributed by atoms with van der Waals surface area (Å²) in [6, 6.07) is 7.22. The van der Waals surface area contributed by atoms with Crippen molar-refractivity contribution in [1.82, 2.24) is 15.5 Å². The molecule has 25 heavy (non-hydrogen) atoms. The number of nitrogens with two attached hydrogens (primary N) is 1. The van der Waals surface area contributed by atoms with E-state index in [0.29, 0.717) is 29.4 Å². The highest BCUT2D eigenvalue weighted by Gasteiger charge is 2.24. The van der Waals surface area contributed by atoms with Gasteiger partial charge in [0.1, 0.15) is 0 Å². The van der Waals surface area contributed by atoms with Crippen molar-refractivity contribution >= 4 is 5.91 Å². The number of rotatable bonds is 7. The van der Waals surface area contributed by atoms with Crippen molar-refractivity contribution in [2.45, 2.75) is 58.4 Å². The van der Waals surface area contributed by atoms with Crippen LogP contribution < -0.4 is 11.1 Å². The van der Waals surface area contributed by atoms with Crippen LogP contribution in [-0.4, -0.2) is 28.6 Å². The Morgan fingerprint density at radius 2 is 2.04 bits per heavy atom. The van der Waals surface area contributed by atoms with E-state index in [0.717, 1.165) is 19.3 Å². The van der Waals surface area contributed by atoms with Gasteiger partial charge in [-0.2, -0.15) is 4.98 Å². The van der Waals surface area contributed by atoms with E-state index in [2.05, 4.69) is 22.4 Å². The number of amides is 1. The molecule has 0 aliphatic rings. The monoisotopic (exact) mass is 344 g/mol. The van der Waals surface area contributed by atoms with Crippen molar-refractivity contribution in [1.29, 1.82) is 0 Å². The van der Waals surface area contributed by atoms with E-state index in [4.69, 9.17) is 10.3 Å². The van der Waals surface area contributed by atoms with Crippen molar-refractivity contribution < 1.29 is 9.32 Å². The van der Waals surface area contributed by atoms with Gasteiger partial charge in [0, 0.05) is 18.0 Å². The zero-order chi connectivity index (χ0) is 18.4. The van der Waals surface area contributed by atoms with Gasteiger partial charge in [-0.05, 0) is 18.6 Å². The minimum absolute atomic E-state index is 0.0340. The Morgan fingerprint density at radius 3 is 2.64 bits per heavy atom. The molecule has 0 radical (unpaired) electrons. The number of aromatic nitrogens is 2. The first-order chi connectivity index (χ1) is 11.9. The quantitative estimate of drug-likeness (QED) is 0.804. The molecule has 0 saturated heterocycles. The Morgan fingerprint density at radius 1 is 1.32 bits per heavy atom. The number of carbonyl (C=O) groups excluding carboxylic acids is 1. The van der Waals surface area contributed by atoms with Gasteiger partial charge in [-0.1, -0.05) is 57.8 Å². The highest BCUT2D eigenvalue weighted by atomic mass is 16.5. The topological polar surface area (TPSA) is 94.0 Å². The maximum atomic E-state index is 12.7. The number of nitrogens with one attached hydrogen (secondary N) is 1. The molecule has 6 nitrogen and oxygen atoms in total. The van der Waals surface area contributed by atoms with E-state index in [1.165, 1.54) is 0 Å². The molecule has 1 unspecified atom stereocenters. The van der Waals surface area contributed by atoms with Gasteiger partial charge in [-0.15, -0.1) is 0 Å². The Kier molecular flexibility index (Phi) is 6.31. The predicted octanol–water partition coefficient (Wildman–Crippen LogP) is 3.28. The van der Waals surface area contributed by atoms with Crippen LogP contribution in [0.15, 0.2) is 28.8 Å². The van der Waals surface area contributed by atoms with Crippen LogP contribution in [0.5, 0.6) is 0 Å². The second-order valence-electron chi connectivity index (χ2n) is 7.27. The maximum Gasteiger partial charge on any atom is 0.258 e. The molecule has 1 amide bonds. The van der Waals surface area contributed by atoms with Crippen molar-refractivity contribution in [3.8, 4) is 11.5 Å². The van der Waals surface area contributed by atoms with Gasteiger partial charge >= 0.3 is 0 Å². The number of nitrogens with zero attached hydrogens (tertiary/aromatic N) is 2. The summed E-state index contributed by atoms with van der Waals surface area (Å²) in [5.41, 5.74) is 6.72. The molecule has 1 aromatic carbocycles. The molecule has 2 rings (SSSR count). The fourth-order valence-electron chi connectivity index (χ4n) is 2.47. The molecule has 0 fully saturated rings. The third-order valence-corrected chi connectivity index (χ3v) is 4.02. The fourth-order valence-corrected chi connectivity index (χ4v) is 2.47. The van der Waals surface area contributed by atoms with E-state index < -0.39 is 0 Å². The fraction of sp³-hybridized carbons (Fsp3) is 0.526. The van der Waals surface area contributed by atoms with E-state index in [1.54, 1.807) is 6.07 Å². The number of unbranched alkanes of at least 4 members (excludes halogenated alkanes) is 1. The van der Waals surface area contributed by atoms with Crippen molar-refractivity contribution in [3.63, 3.8) is 0 Å². The molecule has 0 aliphatic carbocycles. The largest absolute Gasteiger partial charge is 0.348 e. The van der Waals surface area contributed by atoms with Crippen LogP contribution in [0.25, 0.3) is 11.5 Å². The molecule has 136 valence electrons. The van der Waals surface area contributed by atoms with Gasteiger partial charge in [0.15, 0.2) is 5.82 Å². The average Bonchev–Trinajstić information content (AvgIpc) is 3.08. The summed E-state index contributed by atoms with van der Waals surface area (Å²) in [5.74, 6) is 0.798. The third-order valence-electron chi connectivity index (χ3n) is 4.02. The van der Waals surface area contributed by atoms with Crippen LogP contribution in [0.2, 0.25) is 0 Å². The van der Waals surface area contributed by atoms with Crippen LogP contribution in [0.3, 0.4) is 0 Å². The molecule has 1 heterocycles. The molecule has 0 saturated carbocycles. The summed E-state index contributed by atoms with van der Waals surface area (Å²) in [6.07, 6.45) is 2.97. The summed E-state index contributed by atoms with van der Waals surface area (Å²) in [5, 5.41) is 7.06. The minimum Gasteiger partial charge on any atom is -0.348 e. The van der Waals surface area contributed by atoms with Gasteiger partial charge in [0.2, 0.25) is 0 Å². The molecular weight excluding hydrogens is 316 g/mol. The summed E-state index contributed by atoms with van der Waals surface area (Å²) in [6.45, 7) is 8.58. The van der Waals surface area contributed by atoms with E-state index in [1.807, 2.05) is 39.0 Å². The number of benzene rings is 1. The molecule has 0 spiro atoms. The minimum atomic E-state index is -0.219. The lowest BCUT2D eigenvalue weighted by Crippen LogP contribution is -2.40. The van der Waals surface area contributed by atoms with Gasteiger partial charge in [0.25, 0.3) is 11.8 Å². The molecule has 1 aromatic heterocycles. The molecule has 3 N–H and O–H groups in total. The van der Waals surface area contributed by atoms with E-state index in [9.17, 15) is 4.79 Å². The van der Waals surface area contributed by atoms with Gasteiger partial charge in [-0.3, -0.25) is 4.79 Å². The molecule has 0 bridgehead atoms. The van der Waals surface area contributed by atoms with Crippen LogP contribution in [-0.2, 0) is 5.41 Å². The van der Waals surface area contributed by atoms with Crippen molar-refractivity contribution in [2.24, 2.45) is 5.73 Å². The highest BCUT2D eigenvalue weighted by Crippen LogP contribution is 2.26. The Balaban J connectivity index is 2.25. The second-order valence-corrected chi connectivity index (χ2v) is 7.27. The number of hydrogen-bond acceptors (Lipinski definition) is 5. The SMILES string of the molecule is CCCCC(CN)NC(=O)c1ccccc1-c1nc(C(C)(C)C)no1. The van der Waals surface area contributed by atoms with Crippen molar-refractivity contribution in [2.75, 3.05) is 6.54 Å². The predicted molar refractivity (Wildman–Crippen MR) is 98.3 cm³/mol. The van der Waals surface area contributed by atoms with E-state index in [-0.39, 0.29) is 17.4 Å². The summed E-state index contributed by atoms with van der Waals surface area (Å²) in [4.78, 5) is 17.2. The lowest BCUT2D eigenvalue weighted by Gasteiger charge is -2.17. The zero-order valence-corrected chi connectivity index (χ0v) is 15.5. The number of hydrogen-bond donors (Lipinski definition) is 2. The third kappa shape index (κ3) is 4.89. The normalized spacial score (nSPS) is 12.8. The van der Waals surface area contributed by atoms with Crippen molar-refractivity contribution in [3.05, 3.63) is 35.7 Å². The standard InChI is InChI=1S/C19H28N4O2/c1-5-6-9-13(12-20)21-16(24)14-10-7-8-11-15(14)17-22-18(23-25-17)19(2,3)4/h7-8,10-11,13H,5-6,9,12,20H2,1-4H3,(H,21,24). The molecule has 6 heteroatoms. The summed E-state index contributed by atoms with van der Waals surface area (Å²) < 4.78 is 5.40. The van der Waals surface area contributed by atoms with E-state index >= 15 is 0 Å². The first-order valence-corrected chi connectivity index (χ1v) is 8.81. The Bertz CT molecular complexity index is 703. The summed E-state index contributed by atoms with van der Waals surface area (Å²) in [7, 11) is 0. The van der Waals surface area contributed by atoms with Crippen LogP contribution in [0.4, 0.5) is 0 Å². The maximum absolute atomic E-state index is 12.7. The molecular formula is C19H28N4O2. The second kappa shape index (κ2) is 8.25. The average molecular weight is 344 g/mol. The summed E-state index contributed by atoms with van der Waals surface area (Å²) >= 11 is 0. The first kappa shape index (κ1) is 19.1. The molecule has 2 aromatic rings. The van der Waals surface area contributed by atoms with Gasteiger partial charge in [0.05, 0.1) is 11.1 Å². The Hall–Kier alpha value is -2.21. The molecule has 0 aliphatic heterocycles. The van der Waals surface area contributed by atoms with Gasteiger partial charge in [-0.25, -0.2) is 0 Å². The molecule has 1 atom stereocenters. The van der Waals surface area contributed by atoms with Crippen LogP contribution in [0.1, 0.15) is 63.1 Å². The number of carbonyl (C=O) groups is 1.